The molecule has 166 valence electrons. The predicted octanol–water partition coefficient (Wildman–Crippen LogP) is 7.21. The van der Waals surface area contributed by atoms with Crippen molar-refractivity contribution in [1.29, 1.82) is 0 Å². The number of hydrogen-bond acceptors (Lipinski definition) is 5. The first kappa shape index (κ1) is 23.3. The number of esters is 1. The summed E-state index contributed by atoms with van der Waals surface area (Å²) in [5.41, 5.74) is 5.63. The van der Waals surface area contributed by atoms with Crippen molar-refractivity contribution in [1.82, 2.24) is 4.98 Å². The second-order valence-electron chi connectivity index (χ2n) is 7.68. The van der Waals surface area contributed by atoms with Crippen LogP contribution in [0.5, 0.6) is 0 Å². The van der Waals surface area contributed by atoms with Gasteiger partial charge in [-0.1, -0.05) is 56.1 Å². The highest BCUT2D eigenvalue weighted by molar-refractivity contribution is 9.10. The van der Waals surface area contributed by atoms with Gasteiger partial charge in [0, 0.05) is 20.9 Å². The number of carbonyl (C=O) groups excluding carboxylic acids is 2. The van der Waals surface area contributed by atoms with Gasteiger partial charge >= 0.3 is 5.97 Å². The van der Waals surface area contributed by atoms with Crippen LogP contribution in [0.4, 0.5) is 0 Å². The number of rotatable bonds is 2. The number of aryl methyl sites for hydroxylation is 1. The number of carbonyl (C=O) groups is 2. The van der Waals surface area contributed by atoms with E-state index in [4.69, 9.17) is 4.74 Å². The molecule has 7 heteroatoms. The average molecular weight is 577 g/mol. The largest absolute Gasteiger partial charge is 0.461 e. The van der Waals surface area contributed by atoms with Gasteiger partial charge in [0.15, 0.2) is 5.78 Å². The number of ether oxygens (including phenoxy) is 1. The van der Waals surface area contributed by atoms with Gasteiger partial charge in [-0.05, 0) is 67.9 Å². The number of ketones is 1. The van der Waals surface area contributed by atoms with Crippen molar-refractivity contribution in [3.8, 4) is 10.4 Å². The topological polar surface area (TPSA) is 56.3 Å². The second-order valence-corrected chi connectivity index (χ2v) is 10.4. The minimum Gasteiger partial charge on any atom is -0.461 e. The summed E-state index contributed by atoms with van der Waals surface area (Å²) in [4.78, 5) is 28.9. The fourth-order valence-electron chi connectivity index (χ4n) is 4.10. The lowest BCUT2D eigenvalue weighted by molar-refractivity contribution is 0.0525. The van der Waals surface area contributed by atoms with Crippen LogP contribution in [-0.2, 0) is 24.0 Å². The Hall–Kier alpha value is -1.83. The summed E-state index contributed by atoms with van der Waals surface area (Å²) in [5.74, 6) is -0.0281. The van der Waals surface area contributed by atoms with Crippen LogP contribution in [0.1, 0.15) is 63.2 Å². The summed E-state index contributed by atoms with van der Waals surface area (Å²) in [7, 11) is 0. The van der Waals surface area contributed by atoms with E-state index < -0.39 is 0 Å². The molecule has 0 saturated carbocycles. The van der Waals surface area contributed by atoms with Crippen LogP contribution in [0.2, 0.25) is 0 Å². The molecule has 4 nitrogen and oxygen atoms in total. The van der Waals surface area contributed by atoms with Gasteiger partial charge in [-0.3, -0.25) is 4.79 Å². The lowest BCUT2D eigenvalue weighted by atomic mass is 9.91. The standard InChI is InChI=1S/C15H14BrNO2S.C10H9BrO/c1-2-19-15(18)14-17-12-8-4-5-9-10(13(12)20-14)6-3-7-11(9)16;11-9-5-1-4-8-7(9)3-2-6-10(8)12/h3,6-7H,2,4-5,8H2,1H3;1,4-5H,2-3,6H2. The lowest BCUT2D eigenvalue weighted by Crippen LogP contribution is -2.10. The predicted molar refractivity (Wildman–Crippen MR) is 135 cm³/mol. The van der Waals surface area contributed by atoms with Gasteiger partial charge in [0.2, 0.25) is 5.01 Å². The molecule has 0 N–H and O–H groups in total. The van der Waals surface area contributed by atoms with Crippen molar-refractivity contribution in [2.24, 2.45) is 0 Å². The maximum Gasteiger partial charge on any atom is 0.367 e. The molecule has 0 aliphatic heterocycles. The molecule has 0 atom stereocenters. The molecule has 0 radical (unpaired) electrons. The number of benzene rings is 2. The molecule has 0 spiro atoms. The van der Waals surface area contributed by atoms with E-state index in [0.717, 1.165) is 57.2 Å². The van der Waals surface area contributed by atoms with Crippen LogP contribution in [-0.4, -0.2) is 23.3 Å². The molecule has 0 unspecified atom stereocenters. The summed E-state index contributed by atoms with van der Waals surface area (Å²) < 4.78 is 7.26. The minimum absolute atomic E-state index is 0.289. The molecular weight excluding hydrogens is 554 g/mol. The average Bonchev–Trinajstić information content (AvgIpc) is 3.13. The number of thiazole rings is 1. The van der Waals surface area contributed by atoms with E-state index in [0.29, 0.717) is 18.0 Å². The Balaban J connectivity index is 0.000000174. The third kappa shape index (κ3) is 4.90. The van der Waals surface area contributed by atoms with Crippen molar-refractivity contribution >= 4 is 54.9 Å². The molecule has 32 heavy (non-hydrogen) atoms. The van der Waals surface area contributed by atoms with Gasteiger partial charge in [-0.15, -0.1) is 11.3 Å². The van der Waals surface area contributed by atoms with Gasteiger partial charge in [-0.2, -0.15) is 0 Å². The van der Waals surface area contributed by atoms with Gasteiger partial charge in [0.1, 0.15) is 0 Å². The van der Waals surface area contributed by atoms with E-state index in [9.17, 15) is 9.59 Å². The summed E-state index contributed by atoms with van der Waals surface area (Å²) in [6, 6.07) is 12.0. The molecule has 5 rings (SSSR count). The molecule has 3 aromatic rings. The third-order valence-electron chi connectivity index (χ3n) is 5.60. The highest BCUT2D eigenvalue weighted by Gasteiger charge is 2.23. The molecular formula is C25H23Br2NO3S. The molecule has 0 bridgehead atoms. The molecule has 2 aliphatic rings. The third-order valence-corrected chi connectivity index (χ3v) is 8.20. The summed E-state index contributed by atoms with van der Waals surface area (Å²) >= 11 is 8.52. The minimum atomic E-state index is -0.317. The van der Waals surface area contributed by atoms with Gasteiger partial charge in [0.05, 0.1) is 17.2 Å². The van der Waals surface area contributed by atoms with Gasteiger partial charge < -0.3 is 4.74 Å². The van der Waals surface area contributed by atoms with E-state index >= 15 is 0 Å². The normalized spacial score (nSPS) is 14.3. The molecule has 2 aromatic carbocycles. The monoisotopic (exact) mass is 575 g/mol. The number of nitrogens with zero attached hydrogens (tertiary/aromatic N) is 1. The lowest BCUT2D eigenvalue weighted by Gasteiger charge is -2.15. The van der Waals surface area contributed by atoms with E-state index in [1.807, 2.05) is 31.2 Å². The highest BCUT2D eigenvalue weighted by atomic mass is 79.9. The summed E-state index contributed by atoms with van der Waals surface area (Å²) in [6.07, 6.45) is 5.73. The summed E-state index contributed by atoms with van der Waals surface area (Å²) in [6.45, 7) is 2.19. The number of fused-ring (bicyclic) bond motifs is 4. The van der Waals surface area contributed by atoms with Gasteiger partial charge in [-0.25, -0.2) is 9.78 Å². The maximum atomic E-state index is 11.8. The van der Waals surface area contributed by atoms with Crippen molar-refractivity contribution < 1.29 is 14.3 Å². The zero-order chi connectivity index (χ0) is 22.7. The Morgan fingerprint density at radius 2 is 1.59 bits per heavy atom. The van der Waals surface area contributed by atoms with Crippen LogP contribution >= 0.6 is 43.2 Å². The Morgan fingerprint density at radius 1 is 0.969 bits per heavy atom. The first-order valence-electron chi connectivity index (χ1n) is 10.7. The Labute approximate surface area is 208 Å². The van der Waals surface area contributed by atoms with E-state index in [2.05, 4.69) is 49.0 Å². The number of aromatic nitrogens is 1. The van der Waals surface area contributed by atoms with Crippen molar-refractivity contribution in [2.45, 2.75) is 45.4 Å². The zero-order valence-corrected chi connectivity index (χ0v) is 21.7. The number of halogens is 2. The maximum absolute atomic E-state index is 11.8. The van der Waals surface area contributed by atoms with Crippen molar-refractivity contribution in [3.63, 3.8) is 0 Å². The zero-order valence-electron chi connectivity index (χ0n) is 17.7. The van der Waals surface area contributed by atoms with E-state index in [1.54, 1.807) is 0 Å². The molecule has 2 aliphatic carbocycles. The first-order chi connectivity index (χ1) is 15.5. The molecule has 1 aromatic heterocycles. The SMILES string of the molecule is CCOC(=O)c1nc2c(s1)-c1cccc(Br)c1CCC2.O=C1CCCc2c(Br)cccc21. The highest BCUT2D eigenvalue weighted by Crippen LogP contribution is 2.39. The Bertz CT molecular complexity index is 1170. The first-order valence-corrected chi connectivity index (χ1v) is 13.1. The van der Waals surface area contributed by atoms with Crippen LogP contribution in [0.25, 0.3) is 10.4 Å². The number of hydrogen-bond donors (Lipinski definition) is 0. The van der Waals surface area contributed by atoms with E-state index in [1.165, 1.54) is 28.0 Å². The molecule has 1 heterocycles. The second kappa shape index (κ2) is 10.4. The van der Waals surface area contributed by atoms with Crippen molar-refractivity contribution in [2.75, 3.05) is 6.61 Å². The van der Waals surface area contributed by atoms with Crippen LogP contribution in [0, 0.1) is 0 Å². The summed E-state index contributed by atoms with van der Waals surface area (Å²) in [5, 5.41) is 0.463. The van der Waals surface area contributed by atoms with E-state index in [-0.39, 0.29) is 11.8 Å². The Kier molecular flexibility index (Phi) is 7.59. The van der Waals surface area contributed by atoms with Crippen LogP contribution in [0.3, 0.4) is 0 Å². The van der Waals surface area contributed by atoms with Crippen molar-refractivity contribution in [3.05, 3.63) is 72.7 Å². The number of Topliss-reactive ketones (excluding diaryl/α,β-unsaturated/α-hetero) is 1. The quantitative estimate of drug-likeness (QED) is 0.302. The van der Waals surface area contributed by atoms with Gasteiger partial charge in [0.25, 0.3) is 0 Å². The molecule has 0 amide bonds. The Morgan fingerprint density at radius 3 is 2.25 bits per heavy atom. The smallest absolute Gasteiger partial charge is 0.367 e. The molecule has 0 fully saturated rings. The van der Waals surface area contributed by atoms with Crippen LogP contribution < -0.4 is 0 Å². The molecule has 0 saturated heterocycles. The fourth-order valence-corrected chi connectivity index (χ4v) is 6.29. The fraction of sp³-hybridized carbons (Fsp3) is 0.320. The van der Waals surface area contributed by atoms with Crippen LogP contribution in [0.15, 0.2) is 45.3 Å².